The third-order valence-electron chi connectivity index (χ3n) is 6.48. The molecule has 2 aliphatic heterocycles. The molecule has 2 fully saturated rings. The first-order valence-electron chi connectivity index (χ1n) is 11.2. The van der Waals surface area contributed by atoms with Crippen LogP contribution >= 0.6 is 0 Å². The highest BCUT2D eigenvalue weighted by Crippen LogP contribution is 2.33. The van der Waals surface area contributed by atoms with E-state index in [1.54, 1.807) is 7.11 Å². The van der Waals surface area contributed by atoms with Gasteiger partial charge in [0.05, 0.1) is 19.8 Å². The molecule has 180 valence electrons. The van der Waals surface area contributed by atoms with Gasteiger partial charge in [-0.3, -0.25) is 0 Å². The lowest BCUT2D eigenvalue weighted by Gasteiger charge is -2.40. The van der Waals surface area contributed by atoms with Gasteiger partial charge in [-0.1, -0.05) is 30.3 Å². The summed E-state index contributed by atoms with van der Waals surface area (Å²) in [5, 5.41) is 40.1. The molecule has 7 atom stereocenters. The van der Waals surface area contributed by atoms with Crippen LogP contribution in [-0.2, 0) is 20.6 Å². The molecule has 2 aliphatic rings. The van der Waals surface area contributed by atoms with Crippen molar-refractivity contribution < 1.29 is 39.4 Å². The van der Waals surface area contributed by atoms with Crippen molar-refractivity contribution in [3.8, 4) is 5.75 Å². The molecule has 0 bridgehead atoms. The van der Waals surface area contributed by atoms with Crippen molar-refractivity contribution in [2.75, 3.05) is 26.9 Å². The summed E-state index contributed by atoms with van der Waals surface area (Å²) in [5.41, 5.74) is 3.89. The Balaban J connectivity index is 1.47. The lowest BCUT2D eigenvalue weighted by atomic mass is 9.89. The van der Waals surface area contributed by atoms with Gasteiger partial charge in [-0.05, 0) is 47.7 Å². The van der Waals surface area contributed by atoms with Crippen molar-refractivity contribution in [2.45, 2.75) is 56.1 Å². The van der Waals surface area contributed by atoms with Crippen LogP contribution in [0.15, 0.2) is 42.5 Å². The number of aliphatic hydroxyl groups excluding tert-OH is 4. The molecule has 0 spiro atoms. The Hall–Kier alpha value is -2.04. The topological polar surface area (TPSA) is 118 Å². The Bertz CT molecular complexity index is 915. The second-order valence-electron chi connectivity index (χ2n) is 8.72. The summed E-state index contributed by atoms with van der Waals surface area (Å²) in [4.78, 5) is 0. The van der Waals surface area contributed by atoms with Gasteiger partial charge in [-0.15, -0.1) is 0 Å². The van der Waals surface area contributed by atoms with Gasteiger partial charge >= 0.3 is 0 Å². The number of hydrogen-bond donors (Lipinski definition) is 4. The molecule has 4 rings (SSSR count). The zero-order chi connectivity index (χ0) is 23.5. The van der Waals surface area contributed by atoms with Gasteiger partial charge < -0.3 is 39.4 Å². The van der Waals surface area contributed by atoms with E-state index < -0.39 is 37.1 Å². The van der Waals surface area contributed by atoms with Crippen LogP contribution in [0.2, 0.25) is 0 Å². The molecule has 2 heterocycles. The molecule has 2 saturated heterocycles. The van der Waals surface area contributed by atoms with E-state index in [4.69, 9.17) is 18.9 Å². The highest BCUT2D eigenvalue weighted by molar-refractivity contribution is 5.38. The van der Waals surface area contributed by atoms with Crippen LogP contribution in [0.25, 0.3) is 0 Å². The smallest absolute Gasteiger partial charge is 0.150 e. The van der Waals surface area contributed by atoms with Crippen molar-refractivity contribution in [1.82, 2.24) is 0 Å². The number of aryl methyl sites for hydroxylation is 1. The van der Waals surface area contributed by atoms with E-state index in [1.165, 1.54) is 0 Å². The van der Waals surface area contributed by atoms with Crippen LogP contribution in [-0.4, -0.2) is 84.0 Å². The average Bonchev–Trinajstić information content (AvgIpc) is 3.27. The molecule has 0 saturated carbocycles. The van der Waals surface area contributed by atoms with Gasteiger partial charge in [-0.25, -0.2) is 0 Å². The molecule has 0 aliphatic carbocycles. The van der Waals surface area contributed by atoms with E-state index in [2.05, 4.69) is 0 Å². The maximum absolute atomic E-state index is 10.5. The Labute approximate surface area is 193 Å². The Morgan fingerprint density at radius 2 is 1.67 bits per heavy atom. The molecule has 0 radical (unpaired) electrons. The maximum atomic E-state index is 10.5. The molecule has 4 N–H and O–H groups in total. The van der Waals surface area contributed by atoms with Crippen LogP contribution in [0.1, 0.15) is 28.4 Å². The highest BCUT2D eigenvalue weighted by atomic mass is 16.6. The van der Waals surface area contributed by atoms with Crippen molar-refractivity contribution in [3.05, 3.63) is 64.7 Å². The molecular weight excluding hydrogens is 428 g/mol. The predicted molar refractivity (Wildman–Crippen MR) is 119 cm³/mol. The number of methoxy groups -OCH3 is 1. The van der Waals surface area contributed by atoms with Crippen LogP contribution < -0.4 is 4.74 Å². The van der Waals surface area contributed by atoms with Gasteiger partial charge in [0.1, 0.15) is 42.4 Å². The van der Waals surface area contributed by atoms with E-state index in [9.17, 15) is 20.4 Å². The van der Waals surface area contributed by atoms with Gasteiger partial charge in [0.25, 0.3) is 0 Å². The molecule has 0 aromatic heterocycles. The number of benzene rings is 2. The summed E-state index contributed by atoms with van der Waals surface area (Å²) in [6, 6.07) is 13.6. The minimum absolute atomic E-state index is 0.0718. The van der Waals surface area contributed by atoms with Crippen molar-refractivity contribution in [1.29, 1.82) is 0 Å². The standard InChI is InChI=1S/C25H32O8/c1-14-3-6-16(25-24(29)23(28)22(27)19(11-26)33-25)10-17(14)9-15-4-7-18(8-5-15)32-21-13-31-12-20(21)30-2/h3-8,10,19-29H,9,11-13H2,1-2H3/t19-,20+,21?,22-,23+,24-,25+/m1/s1. The van der Waals surface area contributed by atoms with E-state index in [-0.39, 0.29) is 12.2 Å². The van der Waals surface area contributed by atoms with Crippen molar-refractivity contribution in [2.24, 2.45) is 0 Å². The first kappa shape index (κ1) is 24.1. The minimum atomic E-state index is -1.40. The summed E-state index contributed by atoms with van der Waals surface area (Å²) in [6.07, 6.45) is -5.40. The number of hydrogen-bond acceptors (Lipinski definition) is 8. The van der Waals surface area contributed by atoms with Crippen molar-refractivity contribution >= 4 is 0 Å². The van der Waals surface area contributed by atoms with E-state index in [0.29, 0.717) is 25.2 Å². The van der Waals surface area contributed by atoms with E-state index in [1.807, 2.05) is 49.4 Å². The fourth-order valence-corrected chi connectivity index (χ4v) is 4.36. The molecular formula is C25H32O8. The summed E-state index contributed by atoms with van der Waals surface area (Å²) < 4.78 is 22.5. The van der Waals surface area contributed by atoms with Crippen LogP contribution in [0.4, 0.5) is 0 Å². The average molecular weight is 461 g/mol. The second kappa shape index (κ2) is 10.5. The van der Waals surface area contributed by atoms with Crippen LogP contribution in [0, 0.1) is 6.92 Å². The summed E-state index contributed by atoms with van der Waals surface area (Å²) in [7, 11) is 1.65. The van der Waals surface area contributed by atoms with Gasteiger partial charge in [0.2, 0.25) is 0 Å². The van der Waals surface area contributed by atoms with Crippen LogP contribution in [0.5, 0.6) is 5.75 Å². The Morgan fingerprint density at radius 1 is 0.939 bits per heavy atom. The van der Waals surface area contributed by atoms with Crippen molar-refractivity contribution in [3.63, 3.8) is 0 Å². The van der Waals surface area contributed by atoms with Gasteiger partial charge in [0, 0.05) is 7.11 Å². The second-order valence-corrected chi connectivity index (χ2v) is 8.72. The number of ether oxygens (including phenoxy) is 4. The zero-order valence-electron chi connectivity index (χ0n) is 18.8. The minimum Gasteiger partial charge on any atom is -0.485 e. The van der Waals surface area contributed by atoms with Gasteiger partial charge in [0.15, 0.2) is 6.10 Å². The summed E-state index contributed by atoms with van der Waals surface area (Å²) in [6.45, 7) is 2.59. The van der Waals surface area contributed by atoms with E-state index in [0.717, 1.165) is 22.4 Å². The number of rotatable bonds is 7. The lowest BCUT2D eigenvalue weighted by molar-refractivity contribution is -0.231. The van der Waals surface area contributed by atoms with Gasteiger partial charge in [-0.2, -0.15) is 0 Å². The third-order valence-corrected chi connectivity index (χ3v) is 6.48. The largest absolute Gasteiger partial charge is 0.485 e. The molecule has 8 heteroatoms. The summed E-state index contributed by atoms with van der Waals surface area (Å²) >= 11 is 0. The first-order chi connectivity index (χ1) is 15.9. The Kier molecular flexibility index (Phi) is 7.65. The van der Waals surface area contributed by atoms with Crippen LogP contribution in [0.3, 0.4) is 0 Å². The predicted octanol–water partition coefficient (Wildman–Crippen LogP) is 0.893. The quantitative estimate of drug-likeness (QED) is 0.481. The first-order valence-corrected chi connectivity index (χ1v) is 11.2. The maximum Gasteiger partial charge on any atom is 0.150 e. The molecule has 8 nitrogen and oxygen atoms in total. The molecule has 33 heavy (non-hydrogen) atoms. The number of aliphatic hydroxyl groups is 4. The molecule has 1 unspecified atom stereocenters. The fraction of sp³-hybridized carbons (Fsp3) is 0.520. The third kappa shape index (κ3) is 5.22. The fourth-order valence-electron chi connectivity index (χ4n) is 4.36. The van der Waals surface area contributed by atoms with E-state index >= 15 is 0 Å². The molecule has 2 aromatic rings. The monoisotopic (exact) mass is 460 g/mol. The molecule has 2 aromatic carbocycles. The molecule has 0 amide bonds. The lowest BCUT2D eigenvalue weighted by Crippen LogP contribution is -2.55. The SMILES string of the molecule is CO[C@H]1COCC1Oc1ccc(Cc2cc([C@@H]3O[C@H](CO)[C@@H](O)[C@H](O)[C@H]3O)ccc2C)cc1. The zero-order valence-corrected chi connectivity index (χ0v) is 18.8. The summed E-state index contributed by atoms with van der Waals surface area (Å²) in [5.74, 6) is 0.753. The highest BCUT2D eigenvalue weighted by Gasteiger charge is 2.44. The normalized spacial score (nSPS) is 32.1. The Morgan fingerprint density at radius 3 is 2.36 bits per heavy atom.